The Morgan fingerprint density at radius 1 is 1.50 bits per heavy atom. The smallest absolute Gasteiger partial charge is 0.268 e. The lowest BCUT2D eigenvalue weighted by Gasteiger charge is -2.34. The third kappa shape index (κ3) is 4.04. The molecule has 0 aromatic carbocycles. The molecule has 0 spiro atoms. The summed E-state index contributed by atoms with van der Waals surface area (Å²) in [4.78, 5) is 18.1. The number of rotatable bonds is 5. The molecule has 0 aliphatic carbocycles. The van der Waals surface area contributed by atoms with Crippen molar-refractivity contribution < 1.29 is 4.74 Å². The molecule has 0 radical (unpaired) electrons. The van der Waals surface area contributed by atoms with Gasteiger partial charge in [0.05, 0.1) is 29.6 Å². The van der Waals surface area contributed by atoms with E-state index in [2.05, 4.69) is 20.3 Å². The lowest BCUT2D eigenvalue weighted by Crippen LogP contribution is -2.43. The molecule has 1 N–H and O–H groups in total. The molecule has 1 fully saturated rings. The van der Waals surface area contributed by atoms with Gasteiger partial charge in [-0.2, -0.15) is 5.10 Å². The number of nitrogens with one attached hydrogen (secondary N) is 1. The Morgan fingerprint density at radius 2 is 2.38 bits per heavy atom. The Bertz CT molecular complexity index is 751. The van der Waals surface area contributed by atoms with Gasteiger partial charge < -0.3 is 15.0 Å². The second-order valence-electron chi connectivity index (χ2n) is 5.66. The summed E-state index contributed by atoms with van der Waals surface area (Å²) in [5, 5.41) is 7.91. The van der Waals surface area contributed by atoms with Crippen molar-refractivity contribution in [3.05, 3.63) is 46.0 Å². The first-order valence-corrected chi connectivity index (χ1v) is 8.25. The first-order chi connectivity index (χ1) is 11.6. The largest absolute Gasteiger partial charge is 0.374 e. The Labute approximate surface area is 145 Å². The highest BCUT2D eigenvalue weighted by Gasteiger charge is 2.21. The van der Waals surface area contributed by atoms with Crippen LogP contribution in [0.1, 0.15) is 6.42 Å². The number of pyridine rings is 1. The molecule has 7 nitrogen and oxygen atoms in total. The van der Waals surface area contributed by atoms with Crippen molar-refractivity contribution in [3.8, 4) is 0 Å². The van der Waals surface area contributed by atoms with E-state index < -0.39 is 0 Å². The second kappa shape index (κ2) is 7.63. The zero-order valence-corrected chi connectivity index (χ0v) is 14.2. The van der Waals surface area contributed by atoms with Gasteiger partial charge >= 0.3 is 0 Å². The fourth-order valence-corrected chi connectivity index (χ4v) is 2.82. The van der Waals surface area contributed by atoms with Crippen LogP contribution in [0.15, 0.2) is 35.4 Å². The normalized spacial score (nSPS) is 17.8. The van der Waals surface area contributed by atoms with Crippen LogP contribution in [0.3, 0.4) is 0 Å². The van der Waals surface area contributed by atoms with Crippen LogP contribution in [0.2, 0.25) is 5.02 Å². The van der Waals surface area contributed by atoms with E-state index >= 15 is 0 Å². The maximum atomic E-state index is 11.7. The number of morpholine rings is 1. The van der Waals surface area contributed by atoms with E-state index in [1.54, 1.807) is 37.6 Å². The topological polar surface area (TPSA) is 72.3 Å². The number of ether oxygens (including phenoxy) is 1. The number of hydrogen-bond donors (Lipinski definition) is 1. The number of anilines is 2. The summed E-state index contributed by atoms with van der Waals surface area (Å²) in [5.41, 5.74) is 0.731. The highest BCUT2D eigenvalue weighted by Crippen LogP contribution is 2.19. The maximum absolute atomic E-state index is 11.7. The van der Waals surface area contributed by atoms with Gasteiger partial charge in [-0.15, -0.1) is 0 Å². The highest BCUT2D eigenvalue weighted by molar-refractivity contribution is 6.32. The monoisotopic (exact) mass is 349 g/mol. The van der Waals surface area contributed by atoms with E-state index in [0.29, 0.717) is 24.0 Å². The van der Waals surface area contributed by atoms with Crippen LogP contribution >= 0.6 is 11.6 Å². The van der Waals surface area contributed by atoms with Crippen molar-refractivity contribution in [2.75, 3.05) is 36.5 Å². The summed E-state index contributed by atoms with van der Waals surface area (Å²) in [6.07, 6.45) is 4.32. The van der Waals surface area contributed by atoms with Crippen molar-refractivity contribution in [1.29, 1.82) is 0 Å². The molecular formula is C16H20ClN5O2. The zero-order chi connectivity index (χ0) is 16.9. The fourth-order valence-electron chi connectivity index (χ4n) is 2.63. The summed E-state index contributed by atoms with van der Waals surface area (Å²) in [6, 6.07) is 5.22. The lowest BCUT2D eigenvalue weighted by atomic mass is 10.2. The molecule has 2 aromatic rings. The third-order valence-electron chi connectivity index (χ3n) is 3.97. The van der Waals surface area contributed by atoms with Crippen LogP contribution in [0.5, 0.6) is 0 Å². The second-order valence-corrected chi connectivity index (χ2v) is 6.07. The minimum absolute atomic E-state index is 0.0813. The van der Waals surface area contributed by atoms with Gasteiger partial charge in [0.15, 0.2) is 0 Å². The minimum Gasteiger partial charge on any atom is -0.374 e. The van der Waals surface area contributed by atoms with Crippen molar-refractivity contribution in [1.82, 2.24) is 14.8 Å². The maximum Gasteiger partial charge on any atom is 0.268 e. The predicted molar refractivity (Wildman–Crippen MR) is 93.8 cm³/mol. The first-order valence-electron chi connectivity index (χ1n) is 7.88. The van der Waals surface area contributed by atoms with Gasteiger partial charge in [-0.3, -0.25) is 4.79 Å². The summed E-state index contributed by atoms with van der Waals surface area (Å²) < 4.78 is 7.13. The minimum atomic E-state index is -0.109. The molecule has 1 aliphatic rings. The van der Waals surface area contributed by atoms with E-state index in [4.69, 9.17) is 16.3 Å². The molecule has 128 valence electrons. The van der Waals surface area contributed by atoms with Crippen LogP contribution in [0, 0.1) is 0 Å². The SMILES string of the molecule is Cn1ncc(N2CCOC(CCNc3ncccc3Cl)C2)cc1=O. The molecular weight excluding hydrogens is 330 g/mol. The zero-order valence-electron chi connectivity index (χ0n) is 13.5. The van der Waals surface area contributed by atoms with Crippen molar-refractivity contribution in [2.45, 2.75) is 12.5 Å². The average molecular weight is 350 g/mol. The van der Waals surface area contributed by atoms with Crippen LogP contribution in [-0.2, 0) is 11.8 Å². The summed E-state index contributed by atoms with van der Waals surface area (Å²) >= 11 is 6.07. The van der Waals surface area contributed by atoms with Crippen LogP contribution in [-0.4, -0.2) is 47.1 Å². The van der Waals surface area contributed by atoms with Gasteiger partial charge in [-0.25, -0.2) is 9.67 Å². The Kier molecular flexibility index (Phi) is 5.32. The van der Waals surface area contributed by atoms with Crippen LogP contribution in [0.4, 0.5) is 11.5 Å². The number of nitrogens with zero attached hydrogens (tertiary/aromatic N) is 4. The molecule has 1 atom stereocenters. The lowest BCUT2D eigenvalue weighted by molar-refractivity contribution is 0.0374. The van der Waals surface area contributed by atoms with E-state index in [9.17, 15) is 4.79 Å². The van der Waals surface area contributed by atoms with Crippen LogP contribution in [0.25, 0.3) is 0 Å². The molecule has 0 amide bonds. The van der Waals surface area contributed by atoms with Gasteiger partial charge in [0.1, 0.15) is 5.82 Å². The van der Waals surface area contributed by atoms with E-state index in [-0.39, 0.29) is 11.7 Å². The third-order valence-corrected chi connectivity index (χ3v) is 4.28. The molecule has 24 heavy (non-hydrogen) atoms. The van der Waals surface area contributed by atoms with E-state index in [1.165, 1.54) is 4.68 Å². The van der Waals surface area contributed by atoms with Crippen molar-refractivity contribution in [3.63, 3.8) is 0 Å². The fraction of sp³-hybridized carbons (Fsp3) is 0.438. The molecule has 2 aromatic heterocycles. The average Bonchev–Trinajstić information content (AvgIpc) is 2.59. The molecule has 1 saturated heterocycles. The Morgan fingerprint density at radius 3 is 3.17 bits per heavy atom. The molecule has 1 aliphatic heterocycles. The van der Waals surface area contributed by atoms with Gasteiger partial charge in [0, 0.05) is 38.9 Å². The summed E-state index contributed by atoms with van der Waals surface area (Å²) in [5.74, 6) is 0.683. The number of hydrogen-bond acceptors (Lipinski definition) is 6. The first kappa shape index (κ1) is 16.7. The quantitative estimate of drug-likeness (QED) is 0.882. The highest BCUT2D eigenvalue weighted by atomic mass is 35.5. The predicted octanol–water partition coefficient (Wildman–Crippen LogP) is 1.54. The Balaban J connectivity index is 1.55. The molecule has 3 rings (SSSR count). The van der Waals surface area contributed by atoms with E-state index in [1.807, 2.05) is 0 Å². The molecule has 1 unspecified atom stereocenters. The number of aromatic nitrogens is 3. The van der Waals surface area contributed by atoms with Gasteiger partial charge in [-0.1, -0.05) is 11.6 Å². The molecule has 0 saturated carbocycles. The summed E-state index contributed by atoms with van der Waals surface area (Å²) in [6.45, 7) is 2.82. The molecule has 0 bridgehead atoms. The Hall–Kier alpha value is -2.12. The van der Waals surface area contributed by atoms with Crippen molar-refractivity contribution >= 4 is 23.1 Å². The standard InChI is InChI=1S/C16H20ClN5O2/c1-21-15(23)9-12(10-20-21)22-7-8-24-13(11-22)4-6-19-16-14(17)3-2-5-18-16/h2-3,5,9-10,13H,4,6-8,11H2,1H3,(H,18,19). The van der Waals surface area contributed by atoms with Gasteiger partial charge in [0.2, 0.25) is 0 Å². The molecule has 8 heteroatoms. The van der Waals surface area contributed by atoms with Crippen molar-refractivity contribution in [2.24, 2.45) is 7.05 Å². The van der Waals surface area contributed by atoms with E-state index in [0.717, 1.165) is 25.2 Å². The van der Waals surface area contributed by atoms with Crippen LogP contribution < -0.4 is 15.8 Å². The number of halogens is 1. The molecule has 3 heterocycles. The van der Waals surface area contributed by atoms with Gasteiger partial charge in [0.25, 0.3) is 5.56 Å². The van der Waals surface area contributed by atoms with Gasteiger partial charge in [-0.05, 0) is 18.6 Å². The summed E-state index contributed by atoms with van der Waals surface area (Å²) in [7, 11) is 1.64. The number of aryl methyl sites for hydroxylation is 1.